The second-order valence-corrected chi connectivity index (χ2v) is 7.60. The Morgan fingerprint density at radius 1 is 1.21 bits per heavy atom. The molecule has 2 aromatic heterocycles. The van der Waals surface area contributed by atoms with E-state index in [4.69, 9.17) is 0 Å². The van der Waals surface area contributed by atoms with Crippen LogP contribution >= 0.6 is 0 Å². The predicted molar refractivity (Wildman–Crippen MR) is 89.9 cm³/mol. The first-order valence-electron chi connectivity index (χ1n) is 7.78. The van der Waals surface area contributed by atoms with Gasteiger partial charge in [-0.2, -0.15) is 10.2 Å². The number of nitrogens with one attached hydrogen (secondary N) is 2. The minimum atomic E-state index is -3.65. The normalized spacial score (nSPS) is 15.2. The average molecular weight is 343 g/mol. The Labute approximate surface area is 139 Å². The number of H-pyrrole nitrogens is 1. The van der Waals surface area contributed by atoms with Crippen molar-refractivity contribution in [3.8, 4) is 11.1 Å². The maximum absolute atomic E-state index is 12.6. The molecule has 0 unspecified atom stereocenters. The van der Waals surface area contributed by atoms with E-state index in [-0.39, 0.29) is 4.90 Å². The molecule has 1 aromatic carbocycles. The van der Waals surface area contributed by atoms with Gasteiger partial charge in [-0.1, -0.05) is 12.1 Å². The van der Waals surface area contributed by atoms with Crippen LogP contribution in [-0.4, -0.2) is 28.4 Å². The van der Waals surface area contributed by atoms with Crippen LogP contribution < -0.4 is 4.72 Å². The first kappa shape index (κ1) is 14.9. The Kier molecular flexibility index (Phi) is 3.61. The highest BCUT2D eigenvalue weighted by Gasteiger charge is 2.23. The van der Waals surface area contributed by atoms with E-state index < -0.39 is 10.0 Å². The predicted octanol–water partition coefficient (Wildman–Crippen LogP) is 2.80. The summed E-state index contributed by atoms with van der Waals surface area (Å²) in [6.45, 7) is 0. The van der Waals surface area contributed by atoms with Gasteiger partial charge in [0.15, 0.2) is 0 Å². The number of hydrogen-bond acceptors (Lipinski definition) is 4. The van der Waals surface area contributed by atoms with Gasteiger partial charge in [0.25, 0.3) is 10.0 Å². The van der Waals surface area contributed by atoms with E-state index in [1.807, 2.05) is 6.07 Å². The van der Waals surface area contributed by atoms with Gasteiger partial charge in [0.2, 0.25) is 0 Å². The molecule has 0 radical (unpaired) electrons. The quantitative estimate of drug-likeness (QED) is 0.745. The van der Waals surface area contributed by atoms with Crippen LogP contribution in [0.1, 0.15) is 25.3 Å². The van der Waals surface area contributed by atoms with Gasteiger partial charge in [-0.15, -0.1) is 0 Å². The Morgan fingerprint density at radius 2 is 2.08 bits per heavy atom. The summed E-state index contributed by atoms with van der Waals surface area (Å²) in [6.07, 6.45) is 9.74. The molecule has 1 aliphatic rings. The summed E-state index contributed by atoms with van der Waals surface area (Å²) in [6, 6.07) is 7.53. The van der Waals surface area contributed by atoms with E-state index in [0.717, 1.165) is 24.0 Å². The van der Waals surface area contributed by atoms with E-state index in [2.05, 4.69) is 20.0 Å². The van der Waals surface area contributed by atoms with Gasteiger partial charge in [-0.3, -0.25) is 14.5 Å². The van der Waals surface area contributed by atoms with Crippen molar-refractivity contribution in [3.63, 3.8) is 0 Å². The molecule has 1 saturated carbocycles. The monoisotopic (exact) mass is 343 g/mol. The van der Waals surface area contributed by atoms with Gasteiger partial charge in [0, 0.05) is 23.6 Å². The molecule has 0 atom stereocenters. The number of hydrogen-bond donors (Lipinski definition) is 2. The molecule has 7 nitrogen and oxygen atoms in total. The van der Waals surface area contributed by atoms with Crippen LogP contribution in [0.15, 0.2) is 53.9 Å². The smallest absolute Gasteiger partial charge is 0.265 e. The van der Waals surface area contributed by atoms with E-state index in [0.29, 0.717) is 11.7 Å². The standard InChI is InChI=1S/C16H17N5O2S/c22-24(23,16-10-19-21(11-16)15-5-2-6-15)20-14-4-1-3-12(7-14)13-8-17-18-9-13/h1,3-4,7-11,15,20H,2,5-6H2,(H,17,18). The van der Waals surface area contributed by atoms with Gasteiger partial charge in [-0.25, -0.2) is 8.42 Å². The highest BCUT2D eigenvalue weighted by molar-refractivity contribution is 7.92. The van der Waals surface area contributed by atoms with Crippen molar-refractivity contribution in [3.05, 3.63) is 49.1 Å². The van der Waals surface area contributed by atoms with E-state index in [1.54, 1.807) is 41.5 Å². The summed E-state index contributed by atoms with van der Waals surface area (Å²) in [7, 11) is -3.65. The van der Waals surface area contributed by atoms with Crippen molar-refractivity contribution in [2.45, 2.75) is 30.2 Å². The molecule has 8 heteroatoms. The third kappa shape index (κ3) is 2.80. The fraction of sp³-hybridized carbons (Fsp3) is 0.250. The second kappa shape index (κ2) is 5.79. The molecule has 2 heterocycles. The van der Waals surface area contributed by atoms with Crippen LogP contribution in [0.25, 0.3) is 11.1 Å². The topological polar surface area (TPSA) is 92.7 Å². The molecule has 1 aliphatic carbocycles. The summed E-state index contributed by atoms with van der Waals surface area (Å²) in [5.41, 5.74) is 2.29. The molecular weight excluding hydrogens is 326 g/mol. The van der Waals surface area contributed by atoms with Gasteiger partial charge in [0.05, 0.1) is 18.4 Å². The lowest BCUT2D eigenvalue weighted by atomic mass is 9.93. The lowest BCUT2D eigenvalue weighted by Crippen LogP contribution is -2.17. The summed E-state index contributed by atoms with van der Waals surface area (Å²) in [5.74, 6) is 0. The molecule has 2 N–H and O–H groups in total. The Balaban J connectivity index is 1.57. The first-order valence-corrected chi connectivity index (χ1v) is 9.26. The fourth-order valence-corrected chi connectivity index (χ4v) is 3.68. The summed E-state index contributed by atoms with van der Waals surface area (Å²) >= 11 is 0. The molecule has 0 saturated heterocycles. The minimum absolute atomic E-state index is 0.183. The highest BCUT2D eigenvalue weighted by Crippen LogP contribution is 2.31. The average Bonchev–Trinajstić information content (AvgIpc) is 3.17. The summed E-state index contributed by atoms with van der Waals surface area (Å²) < 4.78 is 29.5. The molecular formula is C16H17N5O2S. The Bertz CT molecular complexity index is 943. The summed E-state index contributed by atoms with van der Waals surface area (Å²) in [4.78, 5) is 0.183. The maximum atomic E-state index is 12.6. The molecule has 0 aliphatic heterocycles. The summed E-state index contributed by atoms with van der Waals surface area (Å²) in [5, 5.41) is 10.8. The van der Waals surface area contributed by atoms with Gasteiger partial charge in [0.1, 0.15) is 4.90 Å². The van der Waals surface area contributed by atoms with Crippen molar-refractivity contribution in [1.29, 1.82) is 0 Å². The van der Waals surface area contributed by atoms with Gasteiger partial charge in [-0.05, 0) is 37.0 Å². The lowest BCUT2D eigenvalue weighted by Gasteiger charge is -2.25. The van der Waals surface area contributed by atoms with Crippen LogP contribution in [-0.2, 0) is 10.0 Å². The van der Waals surface area contributed by atoms with Crippen molar-refractivity contribution in [2.75, 3.05) is 4.72 Å². The maximum Gasteiger partial charge on any atom is 0.265 e. The second-order valence-electron chi connectivity index (χ2n) is 5.91. The van der Waals surface area contributed by atoms with Crippen molar-refractivity contribution in [2.24, 2.45) is 0 Å². The highest BCUT2D eigenvalue weighted by atomic mass is 32.2. The number of rotatable bonds is 5. The molecule has 124 valence electrons. The fourth-order valence-electron chi connectivity index (χ4n) is 2.70. The number of benzene rings is 1. The number of anilines is 1. The van der Waals surface area contributed by atoms with Crippen LogP contribution in [0.3, 0.4) is 0 Å². The molecule has 0 spiro atoms. The van der Waals surface area contributed by atoms with Crippen molar-refractivity contribution >= 4 is 15.7 Å². The molecule has 4 rings (SSSR count). The van der Waals surface area contributed by atoms with Crippen LogP contribution in [0, 0.1) is 0 Å². The zero-order valence-electron chi connectivity index (χ0n) is 12.9. The Morgan fingerprint density at radius 3 is 2.79 bits per heavy atom. The third-order valence-electron chi connectivity index (χ3n) is 4.28. The molecule has 24 heavy (non-hydrogen) atoms. The van der Waals surface area contributed by atoms with Crippen LogP contribution in [0.5, 0.6) is 0 Å². The lowest BCUT2D eigenvalue weighted by molar-refractivity contribution is 0.289. The molecule has 1 fully saturated rings. The van der Waals surface area contributed by atoms with Gasteiger partial charge < -0.3 is 0 Å². The molecule has 3 aromatic rings. The van der Waals surface area contributed by atoms with Gasteiger partial charge >= 0.3 is 0 Å². The van der Waals surface area contributed by atoms with Crippen LogP contribution in [0.4, 0.5) is 5.69 Å². The van der Waals surface area contributed by atoms with Crippen LogP contribution in [0.2, 0.25) is 0 Å². The number of nitrogens with zero attached hydrogens (tertiary/aromatic N) is 3. The van der Waals surface area contributed by atoms with Crippen molar-refractivity contribution < 1.29 is 8.42 Å². The zero-order chi connectivity index (χ0) is 16.6. The van der Waals surface area contributed by atoms with E-state index in [9.17, 15) is 8.42 Å². The zero-order valence-corrected chi connectivity index (χ0v) is 13.7. The first-order chi connectivity index (χ1) is 11.6. The SMILES string of the molecule is O=S(=O)(Nc1cccc(-c2cn[nH]c2)c1)c1cnn(C2CCC2)c1. The molecule has 0 bridgehead atoms. The van der Waals surface area contributed by atoms with E-state index >= 15 is 0 Å². The third-order valence-corrected chi connectivity index (χ3v) is 5.62. The minimum Gasteiger partial charge on any atom is -0.285 e. The largest absolute Gasteiger partial charge is 0.285 e. The number of aromatic amines is 1. The number of sulfonamides is 1. The van der Waals surface area contributed by atoms with Crippen molar-refractivity contribution in [1.82, 2.24) is 20.0 Å². The number of aromatic nitrogens is 4. The Hall–Kier alpha value is -2.61. The van der Waals surface area contributed by atoms with E-state index in [1.165, 1.54) is 12.6 Å². The molecule has 0 amide bonds.